The number of carbonyl (C=O) groups is 1. The van der Waals surface area contributed by atoms with Gasteiger partial charge in [0, 0.05) is 32.2 Å². The normalized spacial score (nSPS) is 19.4. The highest BCUT2D eigenvalue weighted by atomic mass is 16.2. The van der Waals surface area contributed by atoms with Crippen LogP contribution >= 0.6 is 0 Å². The number of aromatic amines is 1. The number of aryl methyl sites for hydroxylation is 1. The lowest BCUT2D eigenvalue weighted by Crippen LogP contribution is -2.32. The lowest BCUT2D eigenvalue weighted by molar-refractivity contribution is 0.0717. The molecule has 2 aromatic heterocycles. The molecular weight excluding hydrogens is 230 g/mol. The van der Waals surface area contributed by atoms with E-state index >= 15 is 0 Å². The summed E-state index contributed by atoms with van der Waals surface area (Å²) in [4.78, 5) is 18.4. The molecule has 0 aliphatic carbocycles. The van der Waals surface area contributed by atoms with Crippen molar-refractivity contribution in [3.8, 4) is 0 Å². The molecular formula is C12H15N5O. The number of rotatable bonds is 2. The fourth-order valence-electron chi connectivity index (χ4n) is 2.49. The Labute approximate surface area is 105 Å². The maximum Gasteiger partial charge on any atom is 0.290 e. The molecule has 0 aromatic carbocycles. The van der Waals surface area contributed by atoms with Gasteiger partial charge in [0.25, 0.3) is 5.91 Å². The number of aromatic nitrogens is 4. The van der Waals surface area contributed by atoms with Gasteiger partial charge >= 0.3 is 0 Å². The molecule has 94 valence electrons. The Morgan fingerprint density at radius 1 is 1.50 bits per heavy atom. The molecule has 0 spiro atoms. The molecule has 0 radical (unpaired) electrons. The minimum atomic E-state index is -0.0143. The van der Waals surface area contributed by atoms with Crippen LogP contribution in [-0.4, -0.2) is 37.1 Å². The van der Waals surface area contributed by atoms with Gasteiger partial charge in [0.05, 0.1) is 11.7 Å². The van der Waals surface area contributed by atoms with Crippen LogP contribution in [0.5, 0.6) is 0 Å². The van der Waals surface area contributed by atoms with Crippen molar-refractivity contribution < 1.29 is 4.79 Å². The van der Waals surface area contributed by atoms with E-state index in [1.54, 1.807) is 23.2 Å². The standard InChI is InChI=1S/C12H15N5O/c1-16-8-6-13-11(16)12(18)17-7-2-3-10(17)9-4-5-14-15-9/h4-6,8,10H,2-3,7H2,1H3,(H,14,15). The van der Waals surface area contributed by atoms with Crippen molar-refractivity contribution in [1.29, 1.82) is 0 Å². The lowest BCUT2D eigenvalue weighted by atomic mass is 10.1. The van der Waals surface area contributed by atoms with Crippen LogP contribution in [0.4, 0.5) is 0 Å². The van der Waals surface area contributed by atoms with Gasteiger partial charge in [-0.1, -0.05) is 0 Å². The topological polar surface area (TPSA) is 66.8 Å². The van der Waals surface area contributed by atoms with E-state index < -0.39 is 0 Å². The van der Waals surface area contributed by atoms with Crippen molar-refractivity contribution in [1.82, 2.24) is 24.6 Å². The van der Waals surface area contributed by atoms with E-state index in [0.717, 1.165) is 25.1 Å². The van der Waals surface area contributed by atoms with Crippen molar-refractivity contribution in [3.05, 3.63) is 36.2 Å². The zero-order valence-electron chi connectivity index (χ0n) is 10.2. The first-order chi connectivity index (χ1) is 8.77. The number of hydrogen-bond acceptors (Lipinski definition) is 3. The zero-order valence-corrected chi connectivity index (χ0v) is 10.2. The van der Waals surface area contributed by atoms with Crippen LogP contribution in [0, 0.1) is 0 Å². The third kappa shape index (κ3) is 1.70. The molecule has 1 amide bonds. The van der Waals surface area contributed by atoms with Gasteiger partial charge in [-0.05, 0) is 18.9 Å². The van der Waals surface area contributed by atoms with E-state index in [-0.39, 0.29) is 11.9 Å². The highest BCUT2D eigenvalue weighted by molar-refractivity contribution is 5.91. The Morgan fingerprint density at radius 3 is 3.06 bits per heavy atom. The molecule has 0 bridgehead atoms. The molecule has 6 heteroatoms. The first-order valence-electron chi connectivity index (χ1n) is 6.05. The van der Waals surface area contributed by atoms with E-state index in [2.05, 4.69) is 15.2 Å². The van der Waals surface area contributed by atoms with E-state index in [1.165, 1.54) is 0 Å². The number of hydrogen-bond donors (Lipinski definition) is 1. The molecule has 1 aliphatic rings. The van der Waals surface area contributed by atoms with Crippen LogP contribution in [0.1, 0.15) is 35.2 Å². The van der Waals surface area contributed by atoms with E-state index in [0.29, 0.717) is 5.82 Å². The fourth-order valence-corrected chi connectivity index (χ4v) is 2.49. The van der Waals surface area contributed by atoms with E-state index in [4.69, 9.17) is 0 Å². The number of likely N-dealkylation sites (tertiary alicyclic amines) is 1. The second-order valence-corrected chi connectivity index (χ2v) is 4.53. The quantitative estimate of drug-likeness (QED) is 0.862. The summed E-state index contributed by atoms with van der Waals surface area (Å²) >= 11 is 0. The number of amides is 1. The summed E-state index contributed by atoms with van der Waals surface area (Å²) in [5.74, 6) is 0.473. The molecule has 1 saturated heterocycles. The highest BCUT2D eigenvalue weighted by Crippen LogP contribution is 2.31. The second kappa shape index (κ2) is 4.29. The molecule has 3 heterocycles. The van der Waals surface area contributed by atoms with E-state index in [9.17, 15) is 4.79 Å². The zero-order chi connectivity index (χ0) is 12.5. The maximum absolute atomic E-state index is 12.4. The van der Waals surface area contributed by atoms with Crippen molar-refractivity contribution in [2.45, 2.75) is 18.9 Å². The summed E-state index contributed by atoms with van der Waals surface area (Å²) in [6.07, 6.45) is 7.14. The third-order valence-corrected chi connectivity index (χ3v) is 3.41. The number of H-pyrrole nitrogens is 1. The summed E-state index contributed by atoms with van der Waals surface area (Å²) < 4.78 is 1.75. The summed E-state index contributed by atoms with van der Waals surface area (Å²) in [5, 5.41) is 6.91. The summed E-state index contributed by atoms with van der Waals surface area (Å²) in [6, 6.07) is 2.02. The third-order valence-electron chi connectivity index (χ3n) is 3.41. The van der Waals surface area contributed by atoms with Gasteiger partial charge in [0.2, 0.25) is 0 Å². The number of carbonyl (C=O) groups excluding carboxylic acids is 1. The fraction of sp³-hybridized carbons (Fsp3) is 0.417. The predicted molar refractivity (Wildman–Crippen MR) is 64.8 cm³/mol. The lowest BCUT2D eigenvalue weighted by Gasteiger charge is -2.23. The van der Waals surface area contributed by atoms with Gasteiger partial charge in [-0.25, -0.2) is 4.98 Å². The van der Waals surface area contributed by atoms with Gasteiger partial charge in [0.15, 0.2) is 5.82 Å². The van der Waals surface area contributed by atoms with Gasteiger partial charge in [-0.3, -0.25) is 9.89 Å². The number of imidazole rings is 1. The molecule has 1 atom stereocenters. The molecule has 1 fully saturated rings. The van der Waals surface area contributed by atoms with Crippen LogP contribution in [0.2, 0.25) is 0 Å². The van der Waals surface area contributed by atoms with Crippen LogP contribution in [0.25, 0.3) is 0 Å². The van der Waals surface area contributed by atoms with Crippen molar-refractivity contribution >= 4 is 5.91 Å². The van der Waals surface area contributed by atoms with Crippen LogP contribution < -0.4 is 0 Å². The Bertz CT molecular complexity index is 545. The van der Waals surface area contributed by atoms with Gasteiger partial charge < -0.3 is 9.47 Å². The predicted octanol–water partition coefficient (Wildman–Crippen LogP) is 1.12. The smallest absolute Gasteiger partial charge is 0.290 e. The Hall–Kier alpha value is -2.11. The minimum Gasteiger partial charge on any atom is -0.330 e. The van der Waals surface area contributed by atoms with Gasteiger partial charge in [-0.15, -0.1) is 0 Å². The monoisotopic (exact) mass is 245 g/mol. The van der Waals surface area contributed by atoms with Crippen LogP contribution in [-0.2, 0) is 7.05 Å². The Kier molecular flexibility index (Phi) is 2.62. The summed E-state index contributed by atoms with van der Waals surface area (Å²) in [5.41, 5.74) is 0.995. The molecule has 1 N–H and O–H groups in total. The molecule has 1 aliphatic heterocycles. The Balaban J connectivity index is 1.88. The van der Waals surface area contributed by atoms with E-state index in [1.807, 2.05) is 18.0 Å². The van der Waals surface area contributed by atoms with Crippen molar-refractivity contribution in [3.63, 3.8) is 0 Å². The summed E-state index contributed by atoms with van der Waals surface area (Å²) in [7, 11) is 1.83. The summed E-state index contributed by atoms with van der Waals surface area (Å²) in [6.45, 7) is 0.773. The second-order valence-electron chi connectivity index (χ2n) is 4.53. The van der Waals surface area contributed by atoms with Crippen molar-refractivity contribution in [2.24, 2.45) is 7.05 Å². The molecule has 6 nitrogen and oxygen atoms in total. The van der Waals surface area contributed by atoms with Crippen LogP contribution in [0.15, 0.2) is 24.7 Å². The van der Waals surface area contributed by atoms with Crippen molar-refractivity contribution in [2.75, 3.05) is 6.54 Å². The average molecular weight is 245 g/mol. The minimum absolute atomic E-state index is 0.0143. The highest BCUT2D eigenvalue weighted by Gasteiger charge is 2.32. The van der Waals surface area contributed by atoms with Gasteiger partial charge in [-0.2, -0.15) is 5.10 Å². The molecule has 0 saturated carbocycles. The average Bonchev–Trinajstić information content (AvgIpc) is 3.09. The SMILES string of the molecule is Cn1ccnc1C(=O)N1CCCC1c1ccn[nH]1. The molecule has 2 aromatic rings. The molecule has 1 unspecified atom stereocenters. The maximum atomic E-state index is 12.4. The largest absolute Gasteiger partial charge is 0.330 e. The number of nitrogens with zero attached hydrogens (tertiary/aromatic N) is 4. The molecule has 3 rings (SSSR count). The number of nitrogens with one attached hydrogen (secondary N) is 1. The van der Waals surface area contributed by atoms with Gasteiger partial charge in [0.1, 0.15) is 0 Å². The first-order valence-corrected chi connectivity index (χ1v) is 6.05. The Morgan fingerprint density at radius 2 is 2.39 bits per heavy atom. The first kappa shape index (κ1) is 11.0. The van der Waals surface area contributed by atoms with Crippen LogP contribution in [0.3, 0.4) is 0 Å². The molecule has 18 heavy (non-hydrogen) atoms.